The summed E-state index contributed by atoms with van der Waals surface area (Å²) in [6, 6.07) is 15.1. The topological polar surface area (TPSA) is 70.2 Å². The third-order valence-electron chi connectivity index (χ3n) is 3.65. The first kappa shape index (κ1) is 17.3. The zero-order valence-electron chi connectivity index (χ0n) is 14.4. The largest absolute Gasteiger partial charge is 0.378 e. The van der Waals surface area contributed by atoms with E-state index in [1.54, 1.807) is 18.2 Å². The van der Waals surface area contributed by atoms with Gasteiger partial charge in [0, 0.05) is 31.7 Å². The van der Waals surface area contributed by atoms with Crippen LogP contribution in [0.2, 0.25) is 0 Å². The number of nitrogens with one attached hydrogen (secondary N) is 2. The minimum Gasteiger partial charge on any atom is -0.378 e. The molecule has 7 heteroatoms. The first-order valence-electron chi connectivity index (χ1n) is 7.96. The summed E-state index contributed by atoms with van der Waals surface area (Å²) in [5.41, 5.74) is 2.10. The van der Waals surface area contributed by atoms with Crippen LogP contribution in [0, 0.1) is 5.82 Å². The molecular weight excluding hydrogens is 333 g/mol. The van der Waals surface area contributed by atoms with Gasteiger partial charge >= 0.3 is 0 Å². The second-order valence-electron chi connectivity index (χ2n) is 5.77. The van der Waals surface area contributed by atoms with Gasteiger partial charge in [0.05, 0.1) is 5.69 Å². The van der Waals surface area contributed by atoms with Crippen LogP contribution in [-0.4, -0.2) is 30.0 Å². The molecule has 2 N–H and O–H groups in total. The molecule has 132 valence electrons. The summed E-state index contributed by atoms with van der Waals surface area (Å²) in [5.74, 6) is -0.653. The lowest BCUT2D eigenvalue weighted by molar-refractivity contribution is 0.102. The Balaban J connectivity index is 1.73. The fraction of sp³-hybridized carbons (Fsp3) is 0.105. The van der Waals surface area contributed by atoms with E-state index in [4.69, 9.17) is 0 Å². The predicted molar refractivity (Wildman–Crippen MR) is 100 cm³/mol. The summed E-state index contributed by atoms with van der Waals surface area (Å²) in [4.78, 5) is 22.5. The summed E-state index contributed by atoms with van der Waals surface area (Å²) < 4.78 is 13.7. The quantitative estimate of drug-likeness (QED) is 0.734. The SMILES string of the molecule is CN(C)c1ccc(NC(=O)c2ccnc(Nc3ccccc3F)n2)cc1. The van der Waals surface area contributed by atoms with Crippen molar-refractivity contribution >= 4 is 28.9 Å². The van der Waals surface area contributed by atoms with Crippen LogP contribution < -0.4 is 15.5 Å². The smallest absolute Gasteiger partial charge is 0.274 e. The normalized spacial score (nSPS) is 10.3. The Morgan fingerprint density at radius 3 is 2.46 bits per heavy atom. The van der Waals surface area contributed by atoms with Crippen molar-refractivity contribution in [2.45, 2.75) is 0 Å². The van der Waals surface area contributed by atoms with Crippen LogP contribution in [0.1, 0.15) is 10.5 Å². The first-order chi connectivity index (χ1) is 12.5. The molecule has 0 aliphatic carbocycles. The Labute approximate surface area is 150 Å². The lowest BCUT2D eigenvalue weighted by atomic mass is 10.2. The number of rotatable bonds is 5. The standard InChI is InChI=1S/C19H18FN5O/c1-25(2)14-9-7-13(8-10-14)22-18(26)17-11-12-21-19(24-17)23-16-6-4-3-5-15(16)20/h3-12H,1-2H3,(H,22,26)(H,21,23,24). The maximum Gasteiger partial charge on any atom is 0.274 e. The lowest BCUT2D eigenvalue weighted by Gasteiger charge is -2.13. The number of anilines is 4. The highest BCUT2D eigenvalue weighted by Gasteiger charge is 2.10. The molecule has 0 fully saturated rings. The van der Waals surface area contributed by atoms with Crippen molar-refractivity contribution in [3.63, 3.8) is 0 Å². The van der Waals surface area contributed by atoms with Crippen LogP contribution in [-0.2, 0) is 0 Å². The summed E-state index contributed by atoms with van der Waals surface area (Å²) >= 11 is 0. The van der Waals surface area contributed by atoms with Gasteiger partial charge in [0.1, 0.15) is 11.5 Å². The average molecular weight is 351 g/mol. The molecule has 26 heavy (non-hydrogen) atoms. The summed E-state index contributed by atoms with van der Waals surface area (Å²) in [6.45, 7) is 0. The molecule has 0 radical (unpaired) electrons. The van der Waals surface area contributed by atoms with Gasteiger partial charge < -0.3 is 15.5 Å². The molecular formula is C19H18FN5O. The minimum atomic E-state index is -0.424. The third-order valence-corrected chi connectivity index (χ3v) is 3.65. The van der Waals surface area contributed by atoms with Crippen LogP contribution in [0.4, 0.5) is 27.4 Å². The summed E-state index contributed by atoms with van der Waals surface area (Å²) in [7, 11) is 3.89. The van der Waals surface area contributed by atoms with Gasteiger partial charge in [0.25, 0.3) is 5.91 Å². The van der Waals surface area contributed by atoms with E-state index >= 15 is 0 Å². The number of benzene rings is 2. The summed E-state index contributed by atoms with van der Waals surface area (Å²) in [6.07, 6.45) is 1.44. The number of amides is 1. The van der Waals surface area contributed by atoms with Crippen molar-refractivity contribution in [3.05, 3.63) is 72.3 Å². The zero-order valence-corrected chi connectivity index (χ0v) is 14.4. The number of carbonyl (C=O) groups is 1. The average Bonchev–Trinajstić information content (AvgIpc) is 2.64. The van der Waals surface area contributed by atoms with Crippen LogP contribution in [0.25, 0.3) is 0 Å². The van der Waals surface area contributed by atoms with E-state index in [-0.39, 0.29) is 23.2 Å². The number of hydrogen-bond acceptors (Lipinski definition) is 5. The molecule has 1 heterocycles. The Bertz CT molecular complexity index is 912. The highest BCUT2D eigenvalue weighted by Crippen LogP contribution is 2.18. The molecule has 2 aromatic carbocycles. The van der Waals surface area contributed by atoms with E-state index in [1.165, 1.54) is 18.3 Å². The lowest BCUT2D eigenvalue weighted by Crippen LogP contribution is -2.15. The second-order valence-corrected chi connectivity index (χ2v) is 5.77. The van der Waals surface area contributed by atoms with E-state index < -0.39 is 5.82 Å². The Hall–Kier alpha value is -3.48. The van der Waals surface area contributed by atoms with Crippen molar-refractivity contribution in [2.24, 2.45) is 0 Å². The van der Waals surface area contributed by atoms with E-state index in [0.717, 1.165) is 5.69 Å². The Morgan fingerprint density at radius 1 is 1.04 bits per heavy atom. The molecule has 0 aliphatic rings. The van der Waals surface area contributed by atoms with Gasteiger partial charge in [-0.05, 0) is 42.5 Å². The fourth-order valence-electron chi connectivity index (χ4n) is 2.27. The predicted octanol–water partition coefficient (Wildman–Crippen LogP) is 3.68. The molecule has 0 saturated carbocycles. The van der Waals surface area contributed by atoms with E-state index in [0.29, 0.717) is 5.69 Å². The Morgan fingerprint density at radius 2 is 1.77 bits per heavy atom. The van der Waals surface area contributed by atoms with Crippen molar-refractivity contribution in [1.29, 1.82) is 0 Å². The van der Waals surface area contributed by atoms with Crippen LogP contribution >= 0.6 is 0 Å². The monoisotopic (exact) mass is 351 g/mol. The van der Waals surface area contributed by atoms with Crippen molar-refractivity contribution in [2.75, 3.05) is 29.6 Å². The number of para-hydroxylation sites is 1. The highest BCUT2D eigenvalue weighted by atomic mass is 19.1. The molecule has 0 spiro atoms. The molecule has 3 rings (SSSR count). The molecule has 1 aromatic heterocycles. The second kappa shape index (κ2) is 7.60. The van der Waals surface area contributed by atoms with Gasteiger partial charge in [-0.25, -0.2) is 14.4 Å². The van der Waals surface area contributed by atoms with Crippen molar-refractivity contribution < 1.29 is 9.18 Å². The zero-order chi connectivity index (χ0) is 18.5. The van der Waals surface area contributed by atoms with Crippen molar-refractivity contribution in [1.82, 2.24) is 9.97 Å². The Kier molecular flexibility index (Phi) is 5.07. The number of halogens is 1. The number of nitrogens with zero attached hydrogens (tertiary/aromatic N) is 3. The van der Waals surface area contributed by atoms with E-state index in [2.05, 4.69) is 20.6 Å². The van der Waals surface area contributed by atoms with Crippen molar-refractivity contribution in [3.8, 4) is 0 Å². The number of aromatic nitrogens is 2. The maximum absolute atomic E-state index is 13.7. The van der Waals surface area contributed by atoms with Crippen LogP contribution in [0.5, 0.6) is 0 Å². The van der Waals surface area contributed by atoms with Gasteiger partial charge in [-0.2, -0.15) is 0 Å². The molecule has 1 amide bonds. The van der Waals surface area contributed by atoms with Crippen LogP contribution in [0.3, 0.4) is 0 Å². The molecule has 0 saturated heterocycles. The van der Waals surface area contributed by atoms with Crippen LogP contribution in [0.15, 0.2) is 60.8 Å². The minimum absolute atomic E-state index is 0.144. The molecule has 3 aromatic rings. The highest BCUT2D eigenvalue weighted by molar-refractivity contribution is 6.03. The van der Waals surface area contributed by atoms with Gasteiger partial charge in [-0.1, -0.05) is 12.1 Å². The van der Waals surface area contributed by atoms with E-state index in [1.807, 2.05) is 43.3 Å². The maximum atomic E-state index is 13.7. The molecule has 6 nitrogen and oxygen atoms in total. The van der Waals surface area contributed by atoms with Gasteiger partial charge in [-0.15, -0.1) is 0 Å². The first-order valence-corrected chi connectivity index (χ1v) is 7.96. The van der Waals surface area contributed by atoms with E-state index in [9.17, 15) is 9.18 Å². The van der Waals surface area contributed by atoms with Gasteiger partial charge in [0.2, 0.25) is 5.95 Å². The fourth-order valence-corrected chi connectivity index (χ4v) is 2.27. The molecule has 0 unspecified atom stereocenters. The third kappa shape index (κ3) is 4.13. The molecule has 0 aliphatic heterocycles. The van der Waals surface area contributed by atoms with Gasteiger partial charge in [0.15, 0.2) is 0 Å². The number of carbonyl (C=O) groups excluding carboxylic acids is 1. The molecule has 0 bridgehead atoms. The summed E-state index contributed by atoms with van der Waals surface area (Å²) in [5, 5.41) is 5.55. The van der Waals surface area contributed by atoms with Gasteiger partial charge in [-0.3, -0.25) is 4.79 Å². The number of hydrogen-bond donors (Lipinski definition) is 2. The molecule has 0 atom stereocenters.